The number of halogens is 1. The summed E-state index contributed by atoms with van der Waals surface area (Å²) in [7, 11) is 3.25. The molecular weight excluding hydrogens is 364 g/mol. The summed E-state index contributed by atoms with van der Waals surface area (Å²) in [6.07, 6.45) is 0. The van der Waals surface area contributed by atoms with Crippen molar-refractivity contribution < 1.29 is 0 Å². The van der Waals surface area contributed by atoms with Gasteiger partial charge in [0.2, 0.25) is 0 Å². The standard InChI is InChI=1S/C20H21ClN4O2/c1-20(2)12-7-10(21)5-6-14(12)22-16-13(20)9-25-15(16)8-11-17(25)23(3)19(27)24(4)18(11)26/h5-8,13,16,22H,9H2,1-4H3/t13-,16-/m1/s1. The molecule has 4 heterocycles. The summed E-state index contributed by atoms with van der Waals surface area (Å²) in [4.78, 5) is 25.1. The van der Waals surface area contributed by atoms with Crippen LogP contribution in [0, 0.1) is 5.92 Å². The van der Waals surface area contributed by atoms with Crippen LogP contribution in [-0.2, 0) is 26.1 Å². The molecule has 0 spiro atoms. The quantitative estimate of drug-likeness (QED) is 0.648. The minimum atomic E-state index is -0.300. The maximum absolute atomic E-state index is 12.6. The first-order chi connectivity index (χ1) is 12.7. The Balaban J connectivity index is 1.77. The highest BCUT2D eigenvalue weighted by molar-refractivity contribution is 6.30. The summed E-state index contributed by atoms with van der Waals surface area (Å²) in [5.74, 6) is 0.294. The van der Waals surface area contributed by atoms with Gasteiger partial charge in [0, 0.05) is 43.0 Å². The fourth-order valence-corrected chi connectivity index (χ4v) is 5.15. The van der Waals surface area contributed by atoms with Crippen molar-refractivity contribution in [3.63, 3.8) is 0 Å². The van der Waals surface area contributed by atoms with E-state index in [2.05, 4.69) is 23.7 Å². The Morgan fingerprint density at radius 2 is 1.89 bits per heavy atom. The molecule has 0 bridgehead atoms. The van der Waals surface area contributed by atoms with Crippen LogP contribution in [0.15, 0.2) is 33.9 Å². The molecule has 2 aliphatic heterocycles. The average molecular weight is 385 g/mol. The third-order valence-corrected chi connectivity index (χ3v) is 6.78. The van der Waals surface area contributed by atoms with E-state index in [4.69, 9.17) is 11.6 Å². The highest BCUT2D eigenvalue weighted by Gasteiger charge is 2.48. The minimum absolute atomic E-state index is 0.0842. The fourth-order valence-electron chi connectivity index (χ4n) is 4.98. The molecule has 0 fully saturated rings. The Kier molecular flexibility index (Phi) is 3.13. The SMILES string of the molecule is Cn1c(=O)c2cc3n(c2n(C)c1=O)C[C@@H]1[C@H]3Nc2ccc(Cl)cc2C1(C)C. The molecule has 0 saturated carbocycles. The van der Waals surface area contributed by atoms with Crippen LogP contribution < -0.4 is 16.6 Å². The maximum Gasteiger partial charge on any atom is 0.332 e. The van der Waals surface area contributed by atoms with E-state index in [0.717, 1.165) is 22.9 Å². The number of rotatable bonds is 0. The zero-order valence-corrected chi connectivity index (χ0v) is 16.5. The highest BCUT2D eigenvalue weighted by atomic mass is 35.5. The normalized spacial score (nSPS) is 22.3. The molecule has 5 rings (SSSR count). The van der Waals surface area contributed by atoms with Crippen molar-refractivity contribution in [2.45, 2.75) is 31.8 Å². The van der Waals surface area contributed by atoms with Crippen molar-refractivity contribution in [1.29, 1.82) is 0 Å². The number of nitrogens with one attached hydrogen (secondary N) is 1. The molecular formula is C20H21ClN4O2. The number of aryl methyl sites for hydroxylation is 1. The highest BCUT2D eigenvalue weighted by Crippen LogP contribution is 2.53. The summed E-state index contributed by atoms with van der Waals surface area (Å²) >= 11 is 6.26. The van der Waals surface area contributed by atoms with Gasteiger partial charge in [0.1, 0.15) is 5.65 Å². The van der Waals surface area contributed by atoms with Crippen LogP contribution in [0.25, 0.3) is 11.0 Å². The lowest BCUT2D eigenvalue weighted by Gasteiger charge is -2.42. The van der Waals surface area contributed by atoms with Crippen molar-refractivity contribution in [1.82, 2.24) is 13.7 Å². The second kappa shape index (κ2) is 5.07. The largest absolute Gasteiger partial charge is 0.376 e. The molecule has 0 amide bonds. The van der Waals surface area contributed by atoms with Gasteiger partial charge in [0.15, 0.2) is 0 Å². The molecule has 2 aliphatic rings. The number of aromatic nitrogens is 3. The van der Waals surface area contributed by atoms with Gasteiger partial charge in [-0.25, -0.2) is 4.79 Å². The molecule has 6 nitrogen and oxygen atoms in total. The molecule has 1 N–H and O–H groups in total. The Bertz CT molecular complexity index is 1250. The maximum atomic E-state index is 12.6. The predicted octanol–water partition coefficient (Wildman–Crippen LogP) is 2.77. The zero-order chi connectivity index (χ0) is 19.2. The summed E-state index contributed by atoms with van der Waals surface area (Å²) in [5.41, 5.74) is 3.40. The van der Waals surface area contributed by atoms with Gasteiger partial charge < -0.3 is 9.88 Å². The van der Waals surface area contributed by atoms with Crippen molar-refractivity contribution in [3.8, 4) is 0 Å². The summed E-state index contributed by atoms with van der Waals surface area (Å²) < 4.78 is 4.88. The number of anilines is 1. The predicted molar refractivity (Wildman–Crippen MR) is 107 cm³/mol. The van der Waals surface area contributed by atoms with Crippen LogP contribution in [-0.4, -0.2) is 13.7 Å². The van der Waals surface area contributed by atoms with Gasteiger partial charge in [-0.1, -0.05) is 25.4 Å². The van der Waals surface area contributed by atoms with Gasteiger partial charge in [0.05, 0.1) is 11.4 Å². The Labute approximate surface area is 161 Å². The number of benzene rings is 1. The number of hydrogen-bond acceptors (Lipinski definition) is 3. The van der Waals surface area contributed by atoms with Crippen molar-refractivity contribution in [3.05, 3.63) is 61.4 Å². The molecule has 140 valence electrons. The van der Waals surface area contributed by atoms with E-state index < -0.39 is 0 Å². The number of fused-ring (bicyclic) bond motifs is 6. The van der Waals surface area contributed by atoms with Crippen LogP contribution in [0.5, 0.6) is 0 Å². The van der Waals surface area contributed by atoms with Gasteiger partial charge >= 0.3 is 5.69 Å². The Hall–Kier alpha value is -2.47. The third kappa shape index (κ3) is 1.96. The minimum Gasteiger partial charge on any atom is -0.376 e. The lowest BCUT2D eigenvalue weighted by Crippen LogP contribution is -2.40. The molecule has 0 radical (unpaired) electrons. The lowest BCUT2D eigenvalue weighted by molar-refractivity contribution is 0.274. The van der Waals surface area contributed by atoms with Crippen LogP contribution in [0.4, 0.5) is 5.69 Å². The van der Waals surface area contributed by atoms with Gasteiger partial charge in [-0.3, -0.25) is 13.9 Å². The summed E-state index contributed by atoms with van der Waals surface area (Å²) in [5, 5.41) is 4.98. The number of nitrogens with zero attached hydrogens (tertiary/aromatic N) is 3. The summed E-state index contributed by atoms with van der Waals surface area (Å²) in [6, 6.07) is 7.99. The van der Waals surface area contributed by atoms with E-state index in [0.29, 0.717) is 17.0 Å². The Morgan fingerprint density at radius 1 is 1.15 bits per heavy atom. The second-order valence-corrected chi connectivity index (χ2v) is 8.70. The van der Waals surface area contributed by atoms with Crippen LogP contribution in [0.3, 0.4) is 0 Å². The first-order valence-electron chi connectivity index (χ1n) is 9.07. The first kappa shape index (κ1) is 16.7. The molecule has 2 atom stereocenters. The van der Waals surface area contributed by atoms with E-state index in [9.17, 15) is 9.59 Å². The third-order valence-electron chi connectivity index (χ3n) is 6.54. The van der Waals surface area contributed by atoms with Gasteiger partial charge in [-0.05, 0) is 35.2 Å². The van der Waals surface area contributed by atoms with E-state index in [-0.39, 0.29) is 22.7 Å². The molecule has 0 unspecified atom stereocenters. The van der Waals surface area contributed by atoms with Crippen molar-refractivity contribution in [2.24, 2.45) is 20.0 Å². The van der Waals surface area contributed by atoms with Gasteiger partial charge in [0.25, 0.3) is 5.56 Å². The second-order valence-electron chi connectivity index (χ2n) is 8.26. The molecule has 1 aromatic carbocycles. The zero-order valence-electron chi connectivity index (χ0n) is 15.7. The molecule has 2 aromatic heterocycles. The molecule has 27 heavy (non-hydrogen) atoms. The van der Waals surface area contributed by atoms with Gasteiger partial charge in [-0.15, -0.1) is 0 Å². The Morgan fingerprint density at radius 3 is 2.63 bits per heavy atom. The van der Waals surface area contributed by atoms with E-state index in [1.807, 2.05) is 24.3 Å². The van der Waals surface area contributed by atoms with Gasteiger partial charge in [-0.2, -0.15) is 0 Å². The van der Waals surface area contributed by atoms with Crippen LogP contribution in [0.1, 0.15) is 31.1 Å². The number of hydrogen-bond donors (Lipinski definition) is 1. The van der Waals surface area contributed by atoms with E-state index in [1.54, 1.807) is 11.6 Å². The average Bonchev–Trinajstić information content (AvgIpc) is 3.16. The lowest BCUT2D eigenvalue weighted by atomic mass is 9.67. The van der Waals surface area contributed by atoms with Crippen LogP contribution in [0.2, 0.25) is 5.02 Å². The van der Waals surface area contributed by atoms with Crippen LogP contribution >= 0.6 is 11.6 Å². The molecule has 0 saturated heterocycles. The molecule has 7 heteroatoms. The van der Waals surface area contributed by atoms with E-state index in [1.165, 1.54) is 17.2 Å². The fraction of sp³-hybridized carbons (Fsp3) is 0.400. The first-order valence-corrected chi connectivity index (χ1v) is 9.45. The topological polar surface area (TPSA) is 61.0 Å². The van der Waals surface area contributed by atoms with E-state index >= 15 is 0 Å². The summed E-state index contributed by atoms with van der Waals surface area (Å²) in [6.45, 7) is 5.23. The smallest absolute Gasteiger partial charge is 0.332 e. The van der Waals surface area contributed by atoms with Crippen molar-refractivity contribution in [2.75, 3.05) is 5.32 Å². The van der Waals surface area contributed by atoms with Crippen molar-refractivity contribution >= 4 is 28.3 Å². The molecule has 0 aliphatic carbocycles. The monoisotopic (exact) mass is 384 g/mol. The molecule has 3 aromatic rings.